The van der Waals surface area contributed by atoms with Crippen LogP contribution in [0, 0.1) is 24.7 Å². The average Bonchev–Trinajstić information content (AvgIpc) is 3.40. The highest BCUT2D eigenvalue weighted by Crippen LogP contribution is 2.44. The van der Waals surface area contributed by atoms with E-state index < -0.39 is 0 Å². The van der Waals surface area contributed by atoms with Gasteiger partial charge in [-0.15, -0.1) is 12.8 Å². The molecule has 0 aromatic carbocycles. The van der Waals surface area contributed by atoms with E-state index in [-0.39, 0.29) is 12.4 Å². The van der Waals surface area contributed by atoms with Gasteiger partial charge in [0.1, 0.15) is 11.9 Å². The van der Waals surface area contributed by atoms with Gasteiger partial charge in [-0.05, 0) is 25.7 Å². The smallest absolute Gasteiger partial charge is 0.146 e. The number of terminal acetylenes is 1. The van der Waals surface area contributed by atoms with E-state index in [1.54, 1.807) is 0 Å². The normalized spacial score (nSPS) is 24.1. The summed E-state index contributed by atoms with van der Waals surface area (Å²) in [7, 11) is 0. The Bertz CT molecular complexity index is 515. The number of ketones is 1. The molecule has 0 aromatic heterocycles. The van der Waals surface area contributed by atoms with Gasteiger partial charge in [0.2, 0.25) is 0 Å². The summed E-state index contributed by atoms with van der Waals surface area (Å²) in [5, 5.41) is 11.1. The first-order valence-electron chi connectivity index (χ1n) is 12.0. The van der Waals surface area contributed by atoms with Crippen molar-refractivity contribution in [1.29, 1.82) is 0 Å². The Labute approximate surface area is 190 Å². The van der Waals surface area contributed by atoms with Crippen LogP contribution >= 0.6 is 0 Å². The maximum absolute atomic E-state index is 10.5. The molecule has 2 rings (SSSR count). The van der Waals surface area contributed by atoms with Crippen molar-refractivity contribution in [2.24, 2.45) is 11.8 Å². The van der Waals surface area contributed by atoms with Crippen LogP contribution in [0.2, 0.25) is 0 Å². The van der Waals surface area contributed by atoms with Crippen LogP contribution in [-0.4, -0.2) is 42.8 Å². The standard InChI is InChI=1S/C18H30O2.C6H13NO2.C2H2/c1-3-5-7-8-9-11-13-16-15(12-10-6-4-2)17-14-18(16)20-19-17;1-2-6(9)5-7-3-4-8;1-2/h6,10-11,13,15-18H,3-5,7-9,12,14H2,1-2H3;7-8H,2-5H2,1H3;1-2H/b10-6-,13-11+;;/t15-,16?,17+,18-;;/m1../s1. The molecule has 31 heavy (non-hydrogen) atoms. The summed E-state index contributed by atoms with van der Waals surface area (Å²) < 4.78 is 0. The highest BCUT2D eigenvalue weighted by molar-refractivity contribution is 5.80. The SMILES string of the molecule is C#C.CC/C=C\C[C@@H]1C(/C=C/CCCCCC)[C@H]2C[C@@H]1OO2.CCC(=O)CNCCO. The van der Waals surface area contributed by atoms with Crippen molar-refractivity contribution in [3.05, 3.63) is 24.3 Å². The highest BCUT2D eigenvalue weighted by Gasteiger charge is 2.49. The molecule has 1 saturated heterocycles. The summed E-state index contributed by atoms with van der Waals surface area (Å²) in [6.07, 6.45) is 28.4. The summed E-state index contributed by atoms with van der Waals surface area (Å²) in [6.45, 7) is 7.25. The van der Waals surface area contributed by atoms with E-state index in [9.17, 15) is 4.79 Å². The third-order valence-corrected chi connectivity index (χ3v) is 5.57. The topological polar surface area (TPSA) is 67.8 Å². The Hall–Kier alpha value is -1.45. The van der Waals surface area contributed by atoms with Crippen molar-refractivity contribution in [2.75, 3.05) is 19.7 Å². The molecule has 0 aromatic rings. The first kappa shape index (κ1) is 29.5. The van der Waals surface area contributed by atoms with Gasteiger partial charge in [0.25, 0.3) is 0 Å². The second-order valence-electron chi connectivity index (χ2n) is 7.93. The summed E-state index contributed by atoms with van der Waals surface area (Å²) >= 11 is 0. The number of allylic oxidation sites excluding steroid dienone is 3. The van der Waals surface area contributed by atoms with E-state index in [0.717, 1.165) is 19.3 Å². The third kappa shape index (κ3) is 12.9. The molecule has 0 spiro atoms. The molecule has 1 saturated carbocycles. The number of carbonyl (C=O) groups excluding carboxylic acids is 1. The minimum Gasteiger partial charge on any atom is -0.395 e. The molecule has 1 aliphatic heterocycles. The van der Waals surface area contributed by atoms with Gasteiger partial charge >= 0.3 is 0 Å². The maximum Gasteiger partial charge on any atom is 0.146 e. The lowest BCUT2D eigenvalue weighted by Gasteiger charge is -2.27. The molecule has 5 heteroatoms. The number of fused-ring (bicyclic) bond motifs is 2. The number of nitrogens with one attached hydrogen (secondary N) is 1. The summed E-state index contributed by atoms with van der Waals surface area (Å²) in [4.78, 5) is 21.4. The molecule has 2 aliphatic rings. The molecule has 1 heterocycles. The number of carbonyl (C=O) groups is 1. The number of hydrogen-bond donors (Lipinski definition) is 2. The molecule has 178 valence electrons. The lowest BCUT2D eigenvalue weighted by Crippen LogP contribution is -2.28. The molecule has 1 aliphatic carbocycles. The largest absolute Gasteiger partial charge is 0.395 e. The van der Waals surface area contributed by atoms with E-state index in [1.165, 1.54) is 32.1 Å². The Morgan fingerprint density at radius 1 is 1.06 bits per heavy atom. The zero-order chi connectivity index (χ0) is 23.3. The van der Waals surface area contributed by atoms with Crippen LogP contribution in [-0.2, 0) is 14.6 Å². The summed E-state index contributed by atoms with van der Waals surface area (Å²) in [6, 6.07) is 0. The quantitative estimate of drug-likeness (QED) is 0.174. The minimum absolute atomic E-state index is 0.0942. The van der Waals surface area contributed by atoms with Gasteiger partial charge in [-0.1, -0.05) is 64.3 Å². The van der Waals surface area contributed by atoms with Gasteiger partial charge < -0.3 is 10.4 Å². The summed E-state index contributed by atoms with van der Waals surface area (Å²) in [5.41, 5.74) is 0. The molecule has 5 nitrogen and oxygen atoms in total. The lowest BCUT2D eigenvalue weighted by atomic mass is 9.89. The van der Waals surface area contributed by atoms with Gasteiger partial charge in [0, 0.05) is 31.2 Å². The van der Waals surface area contributed by atoms with Gasteiger partial charge in [-0.3, -0.25) is 4.79 Å². The monoisotopic (exact) mass is 435 g/mol. The molecule has 2 fully saturated rings. The Morgan fingerprint density at radius 2 is 1.81 bits per heavy atom. The number of aliphatic hydroxyl groups is 1. The molecule has 1 unspecified atom stereocenters. The van der Waals surface area contributed by atoms with Gasteiger partial charge in [-0.25, -0.2) is 9.78 Å². The Kier molecular flexibility index (Phi) is 19.5. The first-order chi connectivity index (χ1) is 15.2. The second kappa shape index (κ2) is 20.5. The molecule has 4 atom stereocenters. The van der Waals surface area contributed by atoms with Crippen molar-refractivity contribution < 1.29 is 19.7 Å². The first-order valence-corrected chi connectivity index (χ1v) is 12.0. The van der Waals surface area contributed by atoms with Crippen LogP contribution in [0.1, 0.15) is 78.6 Å². The predicted molar refractivity (Wildman–Crippen MR) is 128 cm³/mol. The number of rotatable bonds is 14. The van der Waals surface area contributed by atoms with E-state index in [4.69, 9.17) is 14.9 Å². The molecule has 0 amide bonds. The zero-order valence-corrected chi connectivity index (χ0v) is 19.9. The van der Waals surface area contributed by atoms with Crippen LogP contribution in [0.15, 0.2) is 24.3 Å². The van der Waals surface area contributed by atoms with Crippen molar-refractivity contribution in [1.82, 2.24) is 5.32 Å². The average molecular weight is 436 g/mol. The van der Waals surface area contributed by atoms with Gasteiger partial charge in [0.05, 0.1) is 19.3 Å². The molecule has 2 N–H and O–H groups in total. The number of Topliss-reactive ketones (excluding diaryl/α,β-unsaturated/α-hetero) is 1. The fourth-order valence-electron chi connectivity index (χ4n) is 3.81. The molecular weight excluding hydrogens is 390 g/mol. The Balaban J connectivity index is 0.000000692. The van der Waals surface area contributed by atoms with Gasteiger partial charge in [0.15, 0.2) is 0 Å². The lowest BCUT2D eigenvalue weighted by molar-refractivity contribution is -0.336. The van der Waals surface area contributed by atoms with E-state index in [1.807, 2.05) is 6.92 Å². The third-order valence-electron chi connectivity index (χ3n) is 5.57. The fourth-order valence-corrected chi connectivity index (χ4v) is 3.81. The van der Waals surface area contributed by atoms with Crippen molar-refractivity contribution in [2.45, 2.75) is 90.8 Å². The second-order valence-corrected chi connectivity index (χ2v) is 7.93. The van der Waals surface area contributed by atoms with Crippen molar-refractivity contribution >= 4 is 5.78 Å². The zero-order valence-electron chi connectivity index (χ0n) is 19.9. The molecular formula is C26H45NO4. The van der Waals surface area contributed by atoms with Crippen LogP contribution < -0.4 is 5.32 Å². The van der Waals surface area contributed by atoms with Crippen LogP contribution in [0.5, 0.6) is 0 Å². The fraction of sp³-hybridized carbons (Fsp3) is 0.731. The highest BCUT2D eigenvalue weighted by atomic mass is 17.2. The van der Waals surface area contributed by atoms with E-state index in [2.05, 4.69) is 56.3 Å². The number of unbranched alkanes of at least 4 members (excludes halogenated alkanes) is 4. The van der Waals surface area contributed by atoms with Crippen molar-refractivity contribution in [3.63, 3.8) is 0 Å². The maximum atomic E-state index is 10.5. The van der Waals surface area contributed by atoms with Crippen LogP contribution in [0.3, 0.4) is 0 Å². The number of aliphatic hydroxyl groups excluding tert-OH is 1. The minimum atomic E-state index is 0.0942. The van der Waals surface area contributed by atoms with E-state index >= 15 is 0 Å². The Morgan fingerprint density at radius 3 is 2.45 bits per heavy atom. The van der Waals surface area contributed by atoms with Crippen molar-refractivity contribution in [3.8, 4) is 12.8 Å². The summed E-state index contributed by atoms with van der Waals surface area (Å²) in [5.74, 6) is 1.35. The number of hydrogen-bond acceptors (Lipinski definition) is 5. The van der Waals surface area contributed by atoms with Gasteiger partial charge in [-0.2, -0.15) is 0 Å². The van der Waals surface area contributed by atoms with Crippen LogP contribution in [0.25, 0.3) is 0 Å². The predicted octanol–water partition coefficient (Wildman–Crippen LogP) is 5.00. The molecule has 2 bridgehead atoms. The van der Waals surface area contributed by atoms with E-state index in [0.29, 0.717) is 43.6 Å². The van der Waals surface area contributed by atoms with Crippen LogP contribution in [0.4, 0.5) is 0 Å². The molecule has 0 radical (unpaired) electrons.